The molecule has 8 heteroatoms. The van der Waals surface area contributed by atoms with Crippen LogP contribution in [0.15, 0.2) is 6.33 Å². The van der Waals surface area contributed by atoms with Crippen LogP contribution in [0.4, 0.5) is 16.3 Å². The van der Waals surface area contributed by atoms with Crippen LogP contribution in [0.5, 0.6) is 5.88 Å². The summed E-state index contributed by atoms with van der Waals surface area (Å²) in [5, 5.41) is 2.85. The summed E-state index contributed by atoms with van der Waals surface area (Å²) in [6.07, 6.45) is 0.488. The molecule has 8 nitrogen and oxygen atoms in total. The number of hydrogen-bond donors (Lipinski definition) is 3. The first-order valence-electron chi connectivity index (χ1n) is 4.45. The fourth-order valence-corrected chi connectivity index (χ4v) is 1.00. The van der Waals surface area contributed by atoms with Crippen molar-refractivity contribution in [3.8, 4) is 5.88 Å². The van der Waals surface area contributed by atoms with Crippen molar-refractivity contribution in [1.82, 2.24) is 9.97 Å². The summed E-state index contributed by atoms with van der Waals surface area (Å²) in [5.41, 5.74) is 10.8. The summed E-state index contributed by atoms with van der Waals surface area (Å²) < 4.78 is 9.43. The van der Waals surface area contributed by atoms with Crippen molar-refractivity contribution in [3.05, 3.63) is 6.33 Å². The predicted octanol–water partition coefficient (Wildman–Crippen LogP) is -0.425. The van der Waals surface area contributed by atoms with Crippen molar-refractivity contribution in [2.75, 3.05) is 31.3 Å². The lowest BCUT2D eigenvalue weighted by atomic mass is 10.4. The van der Waals surface area contributed by atoms with Gasteiger partial charge in [0.1, 0.15) is 18.6 Å². The number of primary amides is 1. The SMILES string of the molecule is COc1ncnc(NCCOC(N)=O)c1N. The number of ether oxygens (including phenoxy) is 2. The number of carbonyl (C=O) groups is 1. The van der Waals surface area contributed by atoms with E-state index in [1.807, 2.05) is 0 Å². The van der Waals surface area contributed by atoms with Gasteiger partial charge in [0.2, 0.25) is 5.88 Å². The molecule has 0 fully saturated rings. The van der Waals surface area contributed by atoms with Gasteiger partial charge in [-0.15, -0.1) is 0 Å². The van der Waals surface area contributed by atoms with Gasteiger partial charge in [0.25, 0.3) is 0 Å². The summed E-state index contributed by atoms with van der Waals surface area (Å²) in [4.78, 5) is 18.0. The summed E-state index contributed by atoms with van der Waals surface area (Å²) in [6.45, 7) is 0.467. The molecule has 88 valence electrons. The molecule has 0 spiro atoms. The summed E-state index contributed by atoms with van der Waals surface area (Å²) >= 11 is 0. The molecule has 0 aliphatic carbocycles. The maximum atomic E-state index is 10.3. The Morgan fingerprint density at radius 3 is 2.94 bits per heavy atom. The quantitative estimate of drug-likeness (QED) is 0.583. The maximum absolute atomic E-state index is 10.3. The number of nitrogens with one attached hydrogen (secondary N) is 1. The number of carbonyl (C=O) groups excluding carboxylic acids is 1. The van der Waals surface area contributed by atoms with Crippen molar-refractivity contribution in [2.45, 2.75) is 0 Å². The number of nitrogens with zero attached hydrogens (tertiary/aromatic N) is 2. The van der Waals surface area contributed by atoms with Gasteiger partial charge in [-0.05, 0) is 0 Å². The molecule has 0 saturated carbocycles. The highest BCUT2D eigenvalue weighted by Crippen LogP contribution is 2.23. The highest BCUT2D eigenvalue weighted by molar-refractivity contribution is 5.66. The monoisotopic (exact) mass is 227 g/mol. The van der Waals surface area contributed by atoms with Gasteiger partial charge < -0.3 is 26.3 Å². The van der Waals surface area contributed by atoms with E-state index in [-0.39, 0.29) is 12.5 Å². The second kappa shape index (κ2) is 5.59. The summed E-state index contributed by atoms with van der Waals surface area (Å²) in [5.74, 6) is 0.702. The molecule has 0 aromatic carbocycles. The highest BCUT2D eigenvalue weighted by atomic mass is 16.5. The van der Waals surface area contributed by atoms with E-state index < -0.39 is 6.09 Å². The van der Waals surface area contributed by atoms with Crippen LogP contribution in [0.25, 0.3) is 0 Å². The number of nitrogen functional groups attached to an aromatic ring is 1. The van der Waals surface area contributed by atoms with Crippen molar-refractivity contribution in [1.29, 1.82) is 0 Å². The smallest absolute Gasteiger partial charge is 0.404 e. The summed E-state index contributed by atoms with van der Waals surface area (Å²) in [6, 6.07) is 0. The van der Waals surface area contributed by atoms with Gasteiger partial charge in [-0.1, -0.05) is 0 Å². The van der Waals surface area contributed by atoms with Gasteiger partial charge in [-0.2, -0.15) is 4.98 Å². The molecule has 5 N–H and O–H groups in total. The number of amides is 1. The minimum absolute atomic E-state index is 0.126. The predicted molar refractivity (Wildman–Crippen MR) is 57.0 cm³/mol. The van der Waals surface area contributed by atoms with Crippen LogP contribution in [-0.2, 0) is 4.74 Å². The third-order valence-electron chi connectivity index (χ3n) is 1.68. The molecule has 0 aliphatic rings. The first-order chi connectivity index (χ1) is 7.65. The van der Waals surface area contributed by atoms with Gasteiger partial charge in [-0.25, -0.2) is 9.78 Å². The Morgan fingerprint density at radius 1 is 1.56 bits per heavy atom. The Balaban J connectivity index is 2.50. The molecule has 1 rings (SSSR count). The van der Waals surface area contributed by atoms with Crippen LogP contribution in [0.3, 0.4) is 0 Å². The van der Waals surface area contributed by atoms with Crippen LogP contribution in [0.1, 0.15) is 0 Å². The van der Waals surface area contributed by atoms with E-state index in [4.69, 9.17) is 16.2 Å². The van der Waals surface area contributed by atoms with Crippen LogP contribution in [-0.4, -0.2) is 36.3 Å². The number of rotatable bonds is 5. The lowest BCUT2D eigenvalue weighted by Crippen LogP contribution is -2.19. The van der Waals surface area contributed by atoms with Gasteiger partial charge in [0, 0.05) is 0 Å². The van der Waals surface area contributed by atoms with Crippen molar-refractivity contribution in [3.63, 3.8) is 0 Å². The average molecular weight is 227 g/mol. The number of nitrogens with two attached hydrogens (primary N) is 2. The molecule has 1 amide bonds. The van der Waals surface area contributed by atoms with Gasteiger partial charge in [0.15, 0.2) is 5.82 Å². The molecule has 0 radical (unpaired) electrons. The Bertz CT molecular complexity index is 371. The minimum atomic E-state index is -0.824. The topological polar surface area (TPSA) is 125 Å². The largest absolute Gasteiger partial charge is 0.479 e. The number of methoxy groups -OCH3 is 1. The van der Waals surface area contributed by atoms with E-state index in [1.54, 1.807) is 0 Å². The third-order valence-corrected chi connectivity index (χ3v) is 1.68. The van der Waals surface area contributed by atoms with Crippen LogP contribution < -0.4 is 21.5 Å². The first-order valence-corrected chi connectivity index (χ1v) is 4.45. The van der Waals surface area contributed by atoms with Crippen LogP contribution in [0, 0.1) is 0 Å². The van der Waals surface area contributed by atoms with E-state index in [0.717, 1.165) is 0 Å². The van der Waals surface area contributed by atoms with E-state index in [2.05, 4.69) is 20.0 Å². The second-order valence-electron chi connectivity index (χ2n) is 2.74. The standard InChI is InChI=1S/C8H13N5O3/c1-15-7-5(9)6(12-4-13-7)11-2-3-16-8(10)14/h4H,2-3,9H2,1H3,(H2,10,14)(H,11,12,13). The Morgan fingerprint density at radius 2 is 2.31 bits per heavy atom. The van der Waals surface area contributed by atoms with Crippen molar-refractivity contribution < 1.29 is 14.3 Å². The Kier molecular flexibility index (Phi) is 4.13. The Hall–Kier alpha value is -2.25. The van der Waals surface area contributed by atoms with Crippen LogP contribution >= 0.6 is 0 Å². The van der Waals surface area contributed by atoms with Crippen molar-refractivity contribution >= 4 is 17.6 Å². The third kappa shape index (κ3) is 3.15. The molecule has 1 aromatic rings. The van der Waals surface area contributed by atoms with Gasteiger partial charge in [0.05, 0.1) is 13.7 Å². The minimum Gasteiger partial charge on any atom is -0.479 e. The average Bonchev–Trinajstić information content (AvgIpc) is 2.26. The molecule has 0 unspecified atom stereocenters. The zero-order valence-corrected chi connectivity index (χ0v) is 8.77. The fraction of sp³-hybridized carbons (Fsp3) is 0.375. The first kappa shape index (κ1) is 11.8. The number of aromatic nitrogens is 2. The molecular formula is C8H13N5O3. The molecule has 0 atom stereocenters. The van der Waals surface area contributed by atoms with E-state index in [9.17, 15) is 4.79 Å². The maximum Gasteiger partial charge on any atom is 0.404 e. The molecule has 0 saturated heterocycles. The molecule has 1 aromatic heterocycles. The zero-order chi connectivity index (χ0) is 12.0. The van der Waals surface area contributed by atoms with E-state index in [0.29, 0.717) is 18.1 Å². The van der Waals surface area contributed by atoms with Crippen molar-refractivity contribution in [2.24, 2.45) is 5.73 Å². The molecule has 16 heavy (non-hydrogen) atoms. The lowest BCUT2D eigenvalue weighted by Gasteiger charge is -2.09. The molecule has 0 bridgehead atoms. The molecule has 0 aliphatic heterocycles. The van der Waals surface area contributed by atoms with Gasteiger partial charge >= 0.3 is 6.09 Å². The normalized spacial score (nSPS) is 9.56. The summed E-state index contributed by atoms with van der Waals surface area (Å²) in [7, 11) is 1.46. The van der Waals surface area contributed by atoms with Gasteiger partial charge in [-0.3, -0.25) is 0 Å². The van der Waals surface area contributed by atoms with E-state index >= 15 is 0 Å². The lowest BCUT2D eigenvalue weighted by molar-refractivity contribution is 0.161. The zero-order valence-electron chi connectivity index (χ0n) is 8.77. The number of anilines is 2. The fourth-order valence-electron chi connectivity index (χ4n) is 1.00. The Labute approximate surface area is 91.9 Å². The molecular weight excluding hydrogens is 214 g/mol. The second-order valence-corrected chi connectivity index (χ2v) is 2.74. The van der Waals surface area contributed by atoms with E-state index in [1.165, 1.54) is 13.4 Å². The molecule has 1 heterocycles. The van der Waals surface area contributed by atoms with Crippen LogP contribution in [0.2, 0.25) is 0 Å². The highest BCUT2D eigenvalue weighted by Gasteiger charge is 2.07. The number of hydrogen-bond acceptors (Lipinski definition) is 7.